The van der Waals surface area contributed by atoms with Gasteiger partial charge in [-0.05, 0) is 58.1 Å². The molecule has 2 aliphatic rings. The zero-order chi connectivity index (χ0) is 17.6. The van der Waals surface area contributed by atoms with E-state index in [0.29, 0.717) is 5.41 Å². The summed E-state index contributed by atoms with van der Waals surface area (Å²) in [5.41, 5.74) is 2.84. The van der Waals surface area contributed by atoms with Crippen LogP contribution in [0, 0.1) is 12.3 Å². The van der Waals surface area contributed by atoms with Gasteiger partial charge in [0, 0.05) is 31.4 Å². The summed E-state index contributed by atoms with van der Waals surface area (Å²) < 4.78 is 1.90. The first kappa shape index (κ1) is 21.9. The molecule has 0 atom stereocenters. The van der Waals surface area contributed by atoms with Crippen molar-refractivity contribution in [1.82, 2.24) is 25.0 Å². The van der Waals surface area contributed by atoms with Crippen molar-refractivity contribution >= 4 is 41.8 Å². The average molecular weight is 414 g/mol. The van der Waals surface area contributed by atoms with Crippen LogP contribution in [0.2, 0.25) is 0 Å². The molecule has 2 fully saturated rings. The Morgan fingerprint density at radius 3 is 2.52 bits per heavy atom. The molecule has 1 N–H and O–H groups in total. The maximum Gasteiger partial charge on any atom is 0.254 e. The highest BCUT2D eigenvalue weighted by molar-refractivity contribution is 6.05. The van der Waals surface area contributed by atoms with Crippen LogP contribution in [0.4, 0.5) is 0 Å². The van der Waals surface area contributed by atoms with Gasteiger partial charge in [0.15, 0.2) is 5.65 Å². The average Bonchev–Trinajstić information content (AvgIpc) is 3.21. The zero-order valence-corrected chi connectivity index (χ0v) is 17.8. The van der Waals surface area contributed by atoms with Crippen LogP contribution >= 0.6 is 24.8 Å². The van der Waals surface area contributed by atoms with Crippen LogP contribution in [0.15, 0.2) is 12.3 Å². The Bertz CT molecular complexity index is 804. The van der Waals surface area contributed by atoms with Crippen LogP contribution in [0.1, 0.15) is 55.2 Å². The molecule has 4 rings (SSSR count). The largest absolute Gasteiger partial charge is 0.339 e. The number of piperidine rings is 1. The summed E-state index contributed by atoms with van der Waals surface area (Å²) in [6.07, 6.45) is 5.24. The molecular formula is C19H29Cl2N5O. The van der Waals surface area contributed by atoms with Crippen molar-refractivity contribution in [2.45, 2.75) is 46.1 Å². The third-order valence-electron chi connectivity index (χ3n) is 5.86. The smallest absolute Gasteiger partial charge is 0.254 e. The Labute approximate surface area is 172 Å². The van der Waals surface area contributed by atoms with Crippen molar-refractivity contribution in [1.29, 1.82) is 0 Å². The Morgan fingerprint density at radius 1 is 1.22 bits per heavy atom. The standard InChI is InChI=1S/C19H27N5O.2ClH/c1-13(2)24-17-16(11-21-24)15(10-14(3)22-17)18(25)23-8-5-19(6-9-23)4-7-20-12-19;;/h10-11,13,20H,4-9,12H2,1-3H3;2*1H. The highest BCUT2D eigenvalue weighted by Gasteiger charge is 2.38. The molecule has 0 radical (unpaired) electrons. The molecule has 6 nitrogen and oxygen atoms in total. The van der Waals surface area contributed by atoms with Crippen LogP contribution in [0.3, 0.4) is 0 Å². The number of aryl methyl sites for hydroxylation is 1. The number of hydrogen-bond acceptors (Lipinski definition) is 4. The van der Waals surface area contributed by atoms with E-state index >= 15 is 0 Å². The summed E-state index contributed by atoms with van der Waals surface area (Å²) in [6.45, 7) is 10.0. The van der Waals surface area contributed by atoms with E-state index in [1.807, 2.05) is 22.6 Å². The molecule has 2 aromatic heterocycles. The number of nitrogens with one attached hydrogen (secondary N) is 1. The minimum Gasteiger partial charge on any atom is -0.339 e. The first-order chi connectivity index (χ1) is 12.0. The highest BCUT2D eigenvalue weighted by Crippen LogP contribution is 2.37. The molecule has 0 unspecified atom stereocenters. The quantitative estimate of drug-likeness (QED) is 0.819. The minimum atomic E-state index is 0. The van der Waals surface area contributed by atoms with Crippen molar-refractivity contribution < 1.29 is 4.79 Å². The monoisotopic (exact) mass is 413 g/mol. The topological polar surface area (TPSA) is 63.1 Å². The van der Waals surface area contributed by atoms with Crippen LogP contribution in [0.5, 0.6) is 0 Å². The summed E-state index contributed by atoms with van der Waals surface area (Å²) in [4.78, 5) is 19.8. The van der Waals surface area contributed by atoms with Gasteiger partial charge in [0.1, 0.15) is 0 Å². The lowest BCUT2D eigenvalue weighted by Crippen LogP contribution is -2.44. The number of pyridine rings is 1. The Kier molecular flexibility index (Phi) is 6.77. The van der Waals surface area contributed by atoms with Crippen LogP contribution in [0.25, 0.3) is 11.0 Å². The van der Waals surface area contributed by atoms with Gasteiger partial charge in [-0.3, -0.25) is 4.79 Å². The van der Waals surface area contributed by atoms with Gasteiger partial charge in [0.05, 0.1) is 17.1 Å². The number of fused-ring (bicyclic) bond motifs is 1. The van der Waals surface area contributed by atoms with Gasteiger partial charge >= 0.3 is 0 Å². The summed E-state index contributed by atoms with van der Waals surface area (Å²) in [5, 5.41) is 8.81. The van der Waals surface area contributed by atoms with E-state index in [2.05, 4.69) is 29.2 Å². The fraction of sp³-hybridized carbons (Fsp3) is 0.632. The molecule has 1 spiro atoms. The second kappa shape index (κ2) is 8.33. The van der Waals surface area contributed by atoms with Crippen molar-refractivity contribution in [3.05, 3.63) is 23.5 Å². The third-order valence-corrected chi connectivity index (χ3v) is 5.86. The predicted molar refractivity (Wildman–Crippen MR) is 112 cm³/mol. The summed E-state index contributed by atoms with van der Waals surface area (Å²) in [5.74, 6) is 0.125. The maximum absolute atomic E-state index is 13.2. The molecule has 2 saturated heterocycles. The highest BCUT2D eigenvalue weighted by atomic mass is 35.5. The number of carbonyl (C=O) groups excluding carboxylic acids is 1. The lowest BCUT2D eigenvalue weighted by atomic mass is 9.78. The lowest BCUT2D eigenvalue weighted by Gasteiger charge is -2.39. The third kappa shape index (κ3) is 3.93. The molecule has 0 saturated carbocycles. The van der Waals surface area contributed by atoms with Gasteiger partial charge in [0.2, 0.25) is 0 Å². The molecule has 0 aromatic carbocycles. The van der Waals surface area contributed by atoms with Crippen LogP contribution < -0.4 is 5.32 Å². The molecule has 0 aliphatic carbocycles. The number of likely N-dealkylation sites (tertiary alicyclic amines) is 1. The predicted octanol–water partition coefficient (Wildman–Crippen LogP) is 3.38. The van der Waals surface area contributed by atoms with E-state index < -0.39 is 0 Å². The molecule has 150 valence electrons. The second-order valence-corrected chi connectivity index (χ2v) is 7.95. The normalized spacial score (nSPS) is 18.6. The number of nitrogens with zero attached hydrogens (tertiary/aromatic N) is 4. The van der Waals surface area contributed by atoms with E-state index in [1.54, 1.807) is 6.20 Å². The van der Waals surface area contributed by atoms with Gasteiger partial charge in [0.25, 0.3) is 5.91 Å². The first-order valence-electron chi connectivity index (χ1n) is 9.34. The van der Waals surface area contributed by atoms with E-state index in [-0.39, 0.29) is 36.8 Å². The van der Waals surface area contributed by atoms with E-state index in [0.717, 1.165) is 61.3 Å². The van der Waals surface area contributed by atoms with Gasteiger partial charge in [-0.1, -0.05) is 0 Å². The van der Waals surface area contributed by atoms with Gasteiger partial charge < -0.3 is 10.2 Å². The maximum atomic E-state index is 13.2. The fourth-order valence-electron chi connectivity index (χ4n) is 4.27. The second-order valence-electron chi connectivity index (χ2n) is 7.95. The van der Waals surface area contributed by atoms with Gasteiger partial charge in [-0.25, -0.2) is 9.67 Å². The number of halogens is 2. The van der Waals surface area contributed by atoms with Crippen molar-refractivity contribution in [2.75, 3.05) is 26.2 Å². The molecule has 2 aliphatic heterocycles. The Morgan fingerprint density at radius 2 is 1.93 bits per heavy atom. The van der Waals surface area contributed by atoms with E-state index in [1.165, 1.54) is 6.42 Å². The van der Waals surface area contributed by atoms with Crippen molar-refractivity contribution in [3.63, 3.8) is 0 Å². The molecule has 1 amide bonds. The van der Waals surface area contributed by atoms with Crippen LogP contribution in [-0.2, 0) is 0 Å². The first-order valence-corrected chi connectivity index (χ1v) is 9.34. The van der Waals surface area contributed by atoms with Gasteiger partial charge in [-0.2, -0.15) is 5.10 Å². The minimum absolute atomic E-state index is 0. The lowest BCUT2D eigenvalue weighted by molar-refractivity contribution is 0.0609. The number of rotatable bonds is 2. The molecule has 2 aromatic rings. The molecule has 4 heterocycles. The van der Waals surface area contributed by atoms with Crippen LogP contribution in [-0.4, -0.2) is 51.8 Å². The molecular weight excluding hydrogens is 385 g/mol. The van der Waals surface area contributed by atoms with Crippen molar-refractivity contribution in [3.8, 4) is 0 Å². The Balaban J connectivity index is 0.00000131. The molecule has 0 bridgehead atoms. The summed E-state index contributed by atoms with van der Waals surface area (Å²) in [6, 6.07) is 2.14. The zero-order valence-electron chi connectivity index (χ0n) is 16.2. The fourth-order valence-corrected chi connectivity index (χ4v) is 4.27. The number of amides is 1. The Hall–Kier alpha value is -1.37. The van der Waals surface area contributed by atoms with Gasteiger partial charge in [-0.15, -0.1) is 24.8 Å². The molecule has 8 heteroatoms. The number of carbonyl (C=O) groups is 1. The molecule has 27 heavy (non-hydrogen) atoms. The number of hydrogen-bond donors (Lipinski definition) is 1. The van der Waals surface area contributed by atoms with E-state index in [9.17, 15) is 4.79 Å². The van der Waals surface area contributed by atoms with Crippen molar-refractivity contribution in [2.24, 2.45) is 5.41 Å². The number of aromatic nitrogens is 3. The summed E-state index contributed by atoms with van der Waals surface area (Å²) >= 11 is 0. The summed E-state index contributed by atoms with van der Waals surface area (Å²) in [7, 11) is 0. The van der Waals surface area contributed by atoms with E-state index in [4.69, 9.17) is 0 Å². The SMILES string of the molecule is Cc1cc(C(=O)N2CCC3(CCNC3)CC2)c2cnn(C(C)C)c2n1.Cl.Cl.